The predicted molar refractivity (Wildman–Crippen MR) is 74.3 cm³/mol. The number of nitrogens with zero attached hydrogens (tertiary/aromatic N) is 1. The maximum Gasteiger partial charge on any atom is 0.255 e. The molecule has 1 aromatic carbocycles. The van der Waals surface area contributed by atoms with Crippen LogP contribution in [0.1, 0.15) is 21.6 Å². The number of carbonyl (C=O) groups is 1. The highest BCUT2D eigenvalue weighted by atomic mass is 19.2. The van der Waals surface area contributed by atoms with Crippen molar-refractivity contribution >= 4 is 11.6 Å². The number of anilines is 1. The number of hydrogen-bond donors (Lipinski definition) is 3. The Bertz CT molecular complexity index is 676. The monoisotopic (exact) mass is 292 g/mol. The highest BCUT2D eigenvalue weighted by Crippen LogP contribution is 2.14. The minimum Gasteiger partial charge on any atom is -0.348 e. The van der Waals surface area contributed by atoms with Gasteiger partial charge in [0, 0.05) is 18.4 Å². The third-order valence-corrected chi connectivity index (χ3v) is 2.88. The van der Waals surface area contributed by atoms with Gasteiger partial charge in [0.25, 0.3) is 5.91 Å². The Hall–Kier alpha value is -2.54. The standard InChI is InChI=1S/C14H14F2N4O/c1-8-4-13(20-17)10(7-18-8)14(21)19-6-9-2-3-11(15)12(16)5-9/h2-5,7H,6,17H2,1H3,(H,18,20)(H,19,21). The smallest absolute Gasteiger partial charge is 0.255 e. The van der Waals surface area contributed by atoms with E-state index in [4.69, 9.17) is 5.84 Å². The Morgan fingerprint density at radius 1 is 1.29 bits per heavy atom. The fourth-order valence-electron chi connectivity index (χ4n) is 1.79. The second-order valence-corrected chi connectivity index (χ2v) is 4.45. The van der Waals surface area contributed by atoms with E-state index in [0.29, 0.717) is 16.9 Å². The van der Waals surface area contributed by atoms with Gasteiger partial charge in [-0.1, -0.05) is 6.07 Å². The molecule has 5 nitrogen and oxygen atoms in total. The molecule has 0 aliphatic carbocycles. The molecule has 110 valence electrons. The summed E-state index contributed by atoms with van der Waals surface area (Å²) in [6.07, 6.45) is 1.39. The summed E-state index contributed by atoms with van der Waals surface area (Å²) in [6, 6.07) is 5.07. The van der Waals surface area contributed by atoms with Gasteiger partial charge in [0.2, 0.25) is 0 Å². The third kappa shape index (κ3) is 3.51. The number of nitrogens with one attached hydrogen (secondary N) is 2. The van der Waals surface area contributed by atoms with Crippen molar-refractivity contribution in [2.75, 3.05) is 5.43 Å². The van der Waals surface area contributed by atoms with Crippen LogP contribution < -0.4 is 16.6 Å². The van der Waals surface area contributed by atoms with Gasteiger partial charge in [0.15, 0.2) is 11.6 Å². The van der Waals surface area contributed by atoms with Gasteiger partial charge in [-0.05, 0) is 30.7 Å². The number of halogens is 2. The average Bonchev–Trinajstić information content (AvgIpc) is 2.48. The first-order valence-electron chi connectivity index (χ1n) is 6.16. The number of aryl methyl sites for hydroxylation is 1. The summed E-state index contributed by atoms with van der Waals surface area (Å²) < 4.78 is 25.9. The van der Waals surface area contributed by atoms with Gasteiger partial charge < -0.3 is 10.7 Å². The molecule has 21 heavy (non-hydrogen) atoms. The van der Waals surface area contributed by atoms with Gasteiger partial charge in [-0.3, -0.25) is 15.6 Å². The zero-order valence-electron chi connectivity index (χ0n) is 11.3. The molecule has 0 unspecified atom stereocenters. The molecular formula is C14H14F2N4O. The molecule has 4 N–H and O–H groups in total. The SMILES string of the molecule is Cc1cc(NN)c(C(=O)NCc2ccc(F)c(F)c2)cn1. The minimum atomic E-state index is -0.955. The Kier molecular flexibility index (Phi) is 4.44. The highest BCUT2D eigenvalue weighted by molar-refractivity contribution is 5.99. The van der Waals surface area contributed by atoms with E-state index in [1.54, 1.807) is 13.0 Å². The molecule has 7 heteroatoms. The summed E-state index contributed by atoms with van der Waals surface area (Å²) >= 11 is 0. The number of carbonyl (C=O) groups excluding carboxylic acids is 1. The molecule has 0 aliphatic heterocycles. The first kappa shape index (κ1) is 14.9. The predicted octanol–water partition coefficient (Wildman–Crippen LogP) is 1.88. The lowest BCUT2D eigenvalue weighted by molar-refractivity contribution is 0.0951. The number of amides is 1. The van der Waals surface area contributed by atoms with E-state index in [2.05, 4.69) is 15.7 Å². The van der Waals surface area contributed by atoms with E-state index in [0.717, 1.165) is 12.1 Å². The number of hydrogen-bond acceptors (Lipinski definition) is 4. The van der Waals surface area contributed by atoms with Crippen LogP contribution in [-0.4, -0.2) is 10.9 Å². The molecule has 1 amide bonds. The summed E-state index contributed by atoms with van der Waals surface area (Å²) in [5.74, 6) is 3.05. The Balaban J connectivity index is 2.09. The average molecular weight is 292 g/mol. The van der Waals surface area contributed by atoms with Crippen LogP contribution in [0, 0.1) is 18.6 Å². The number of aromatic nitrogens is 1. The zero-order valence-corrected chi connectivity index (χ0v) is 11.3. The van der Waals surface area contributed by atoms with Crippen molar-refractivity contribution in [3.8, 4) is 0 Å². The molecule has 0 spiro atoms. The Morgan fingerprint density at radius 2 is 2.05 bits per heavy atom. The second kappa shape index (κ2) is 6.27. The van der Waals surface area contributed by atoms with Crippen molar-refractivity contribution in [3.05, 3.63) is 58.9 Å². The first-order valence-corrected chi connectivity index (χ1v) is 6.16. The van der Waals surface area contributed by atoms with Crippen LogP contribution in [0.2, 0.25) is 0 Å². The van der Waals surface area contributed by atoms with Gasteiger partial charge in [-0.2, -0.15) is 0 Å². The summed E-state index contributed by atoms with van der Waals surface area (Å²) in [5, 5.41) is 2.59. The van der Waals surface area contributed by atoms with Crippen molar-refractivity contribution in [2.24, 2.45) is 5.84 Å². The molecule has 1 heterocycles. The summed E-state index contributed by atoms with van der Waals surface area (Å²) in [6.45, 7) is 1.83. The number of benzene rings is 1. The number of nitrogens with two attached hydrogens (primary N) is 1. The number of pyridine rings is 1. The third-order valence-electron chi connectivity index (χ3n) is 2.88. The number of rotatable bonds is 4. The van der Waals surface area contributed by atoms with Crippen LogP contribution in [0.25, 0.3) is 0 Å². The van der Waals surface area contributed by atoms with Crippen molar-refractivity contribution in [2.45, 2.75) is 13.5 Å². The number of hydrazine groups is 1. The molecule has 1 aromatic heterocycles. The lowest BCUT2D eigenvalue weighted by atomic mass is 10.1. The lowest BCUT2D eigenvalue weighted by Crippen LogP contribution is -2.25. The molecule has 2 aromatic rings. The normalized spacial score (nSPS) is 10.3. The van der Waals surface area contributed by atoms with Crippen molar-refractivity contribution in [1.29, 1.82) is 0 Å². The van der Waals surface area contributed by atoms with Crippen LogP contribution in [0.15, 0.2) is 30.5 Å². The minimum absolute atomic E-state index is 0.0634. The molecular weight excluding hydrogens is 278 g/mol. The second-order valence-electron chi connectivity index (χ2n) is 4.45. The quantitative estimate of drug-likeness (QED) is 0.594. The van der Waals surface area contributed by atoms with E-state index in [-0.39, 0.29) is 12.1 Å². The van der Waals surface area contributed by atoms with Gasteiger partial charge in [-0.25, -0.2) is 8.78 Å². The maximum absolute atomic E-state index is 13.1. The van der Waals surface area contributed by atoms with Crippen LogP contribution in [0.3, 0.4) is 0 Å². The van der Waals surface area contributed by atoms with Crippen molar-refractivity contribution in [1.82, 2.24) is 10.3 Å². The van der Waals surface area contributed by atoms with Crippen LogP contribution >= 0.6 is 0 Å². The first-order chi connectivity index (χ1) is 10.0. The van der Waals surface area contributed by atoms with E-state index in [9.17, 15) is 13.6 Å². The van der Waals surface area contributed by atoms with Crippen LogP contribution in [0.4, 0.5) is 14.5 Å². The largest absolute Gasteiger partial charge is 0.348 e. The lowest BCUT2D eigenvalue weighted by Gasteiger charge is -2.10. The Labute approximate surface area is 120 Å². The molecule has 2 rings (SSSR count). The van der Waals surface area contributed by atoms with Crippen LogP contribution in [0.5, 0.6) is 0 Å². The van der Waals surface area contributed by atoms with E-state index in [1.807, 2.05) is 0 Å². The van der Waals surface area contributed by atoms with Crippen molar-refractivity contribution in [3.63, 3.8) is 0 Å². The molecule has 0 atom stereocenters. The Morgan fingerprint density at radius 3 is 2.71 bits per heavy atom. The zero-order chi connectivity index (χ0) is 15.4. The van der Waals surface area contributed by atoms with Gasteiger partial charge in [0.1, 0.15) is 0 Å². The van der Waals surface area contributed by atoms with Gasteiger partial charge in [0.05, 0.1) is 11.3 Å². The summed E-state index contributed by atoms with van der Waals surface area (Å²) in [4.78, 5) is 16.1. The summed E-state index contributed by atoms with van der Waals surface area (Å²) in [5.41, 5.74) is 4.28. The summed E-state index contributed by atoms with van der Waals surface area (Å²) in [7, 11) is 0. The van der Waals surface area contributed by atoms with Gasteiger partial charge >= 0.3 is 0 Å². The molecule has 0 radical (unpaired) electrons. The topological polar surface area (TPSA) is 80.0 Å². The van der Waals surface area contributed by atoms with Crippen LogP contribution in [-0.2, 0) is 6.54 Å². The highest BCUT2D eigenvalue weighted by Gasteiger charge is 2.12. The number of nitrogen functional groups attached to an aromatic ring is 1. The maximum atomic E-state index is 13.1. The van der Waals surface area contributed by atoms with E-state index in [1.165, 1.54) is 12.3 Å². The molecule has 0 aliphatic rings. The fourth-order valence-corrected chi connectivity index (χ4v) is 1.79. The molecule has 0 bridgehead atoms. The molecule has 0 fully saturated rings. The fraction of sp³-hybridized carbons (Fsp3) is 0.143. The van der Waals surface area contributed by atoms with E-state index < -0.39 is 17.5 Å². The van der Waals surface area contributed by atoms with E-state index >= 15 is 0 Å². The molecule has 0 saturated heterocycles. The van der Waals surface area contributed by atoms with Gasteiger partial charge in [-0.15, -0.1) is 0 Å². The van der Waals surface area contributed by atoms with Crippen molar-refractivity contribution < 1.29 is 13.6 Å². The molecule has 0 saturated carbocycles.